The molecule has 0 unspecified atom stereocenters. The van der Waals surface area contributed by atoms with E-state index in [1.165, 1.54) is 17.0 Å². The van der Waals surface area contributed by atoms with E-state index in [4.69, 9.17) is 9.84 Å². The fourth-order valence-corrected chi connectivity index (χ4v) is 3.49. The molecule has 0 saturated heterocycles. The van der Waals surface area contributed by atoms with Crippen molar-refractivity contribution in [3.05, 3.63) is 101 Å². The first kappa shape index (κ1) is 20.1. The zero-order valence-corrected chi connectivity index (χ0v) is 16.7. The molecular formula is C25H19NO5. The van der Waals surface area contributed by atoms with E-state index in [1.54, 1.807) is 61.7 Å². The fourth-order valence-electron chi connectivity index (χ4n) is 3.49. The zero-order valence-electron chi connectivity index (χ0n) is 16.7. The molecule has 3 aromatic carbocycles. The molecule has 3 aromatic rings. The van der Waals surface area contributed by atoms with Crippen LogP contribution in [-0.4, -0.2) is 34.9 Å². The number of hydrogen-bond acceptors (Lipinski definition) is 4. The molecule has 31 heavy (non-hydrogen) atoms. The highest BCUT2D eigenvalue weighted by atomic mass is 16.5. The van der Waals surface area contributed by atoms with Crippen molar-refractivity contribution in [3.8, 4) is 5.75 Å². The number of imide groups is 1. The van der Waals surface area contributed by atoms with Crippen LogP contribution in [0.3, 0.4) is 0 Å². The number of carboxylic acids is 1. The molecule has 4 rings (SSSR count). The van der Waals surface area contributed by atoms with Crippen molar-refractivity contribution >= 4 is 29.4 Å². The van der Waals surface area contributed by atoms with Crippen LogP contribution in [0.15, 0.2) is 72.8 Å². The Hall–Kier alpha value is -4.19. The lowest BCUT2D eigenvalue weighted by Gasteiger charge is -2.28. The van der Waals surface area contributed by atoms with Crippen molar-refractivity contribution in [2.45, 2.75) is 6.54 Å². The molecule has 0 saturated carbocycles. The van der Waals surface area contributed by atoms with E-state index < -0.39 is 11.9 Å². The van der Waals surface area contributed by atoms with E-state index in [0.717, 1.165) is 5.56 Å². The third-order valence-corrected chi connectivity index (χ3v) is 5.14. The van der Waals surface area contributed by atoms with Crippen LogP contribution in [0, 0.1) is 0 Å². The van der Waals surface area contributed by atoms with Gasteiger partial charge in [0.25, 0.3) is 11.8 Å². The lowest BCUT2D eigenvalue weighted by Crippen LogP contribution is -2.41. The first-order chi connectivity index (χ1) is 15.0. The predicted molar refractivity (Wildman–Crippen MR) is 116 cm³/mol. The van der Waals surface area contributed by atoms with Gasteiger partial charge in [-0.15, -0.1) is 0 Å². The quantitative estimate of drug-likeness (QED) is 0.503. The number of benzene rings is 3. The number of carboxylic acid groups (broad SMARTS) is 1. The van der Waals surface area contributed by atoms with Crippen LogP contribution in [0.25, 0.3) is 11.6 Å². The number of carbonyl (C=O) groups is 3. The highest BCUT2D eigenvalue weighted by Crippen LogP contribution is 2.31. The monoisotopic (exact) mass is 413 g/mol. The van der Waals surface area contributed by atoms with E-state index in [9.17, 15) is 14.4 Å². The van der Waals surface area contributed by atoms with Crippen molar-refractivity contribution in [1.29, 1.82) is 0 Å². The molecule has 1 aliphatic rings. The van der Waals surface area contributed by atoms with Crippen molar-refractivity contribution < 1.29 is 24.2 Å². The van der Waals surface area contributed by atoms with Crippen molar-refractivity contribution in [3.63, 3.8) is 0 Å². The lowest BCUT2D eigenvalue weighted by molar-refractivity contribution is -0.123. The maximum absolute atomic E-state index is 13.3. The Balaban J connectivity index is 1.73. The normalized spacial score (nSPS) is 14.5. The molecule has 0 radical (unpaired) electrons. The Kier molecular flexibility index (Phi) is 5.37. The topological polar surface area (TPSA) is 83.9 Å². The SMILES string of the molecule is COc1ccc(CN2C(=O)C(=Cc3ccc(C(=O)O)cc3)c3ccccc3C2=O)cc1. The van der Waals surface area contributed by atoms with Gasteiger partial charge < -0.3 is 9.84 Å². The van der Waals surface area contributed by atoms with Gasteiger partial charge >= 0.3 is 5.97 Å². The van der Waals surface area contributed by atoms with Crippen LogP contribution >= 0.6 is 0 Å². The number of methoxy groups -OCH3 is 1. The summed E-state index contributed by atoms with van der Waals surface area (Å²) in [6.45, 7) is 0.130. The van der Waals surface area contributed by atoms with Gasteiger partial charge in [-0.25, -0.2) is 4.79 Å². The zero-order chi connectivity index (χ0) is 22.0. The number of rotatable bonds is 5. The van der Waals surface area contributed by atoms with Crippen molar-refractivity contribution in [1.82, 2.24) is 4.90 Å². The molecule has 1 N–H and O–H groups in total. The molecule has 0 bridgehead atoms. The molecule has 6 heteroatoms. The minimum absolute atomic E-state index is 0.130. The van der Waals surface area contributed by atoms with Gasteiger partial charge in [-0.3, -0.25) is 14.5 Å². The molecule has 0 atom stereocenters. The van der Waals surface area contributed by atoms with Gasteiger partial charge in [0.05, 0.1) is 19.2 Å². The first-order valence-electron chi connectivity index (χ1n) is 9.61. The number of carbonyl (C=O) groups excluding carboxylic acids is 2. The molecule has 0 aromatic heterocycles. The van der Waals surface area contributed by atoms with Crippen LogP contribution in [-0.2, 0) is 11.3 Å². The van der Waals surface area contributed by atoms with Gasteiger partial charge in [-0.05, 0) is 53.1 Å². The average Bonchev–Trinajstić information content (AvgIpc) is 2.80. The van der Waals surface area contributed by atoms with Gasteiger partial charge in [0.2, 0.25) is 0 Å². The molecule has 154 valence electrons. The Bertz CT molecular complexity index is 1190. The standard InChI is InChI=1S/C25H19NO5/c1-31-19-12-8-17(9-13-19)15-26-23(27)21-5-3-2-4-20(21)22(24(26)28)14-16-6-10-18(11-7-16)25(29)30/h2-14H,15H2,1H3,(H,29,30). The van der Waals surface area contributed by atoms with E-state index in [2.05, 4.69) is 0 Å². The van der Waals surface area contributed by atoms with Gasteiger partial charge in [-0.2, -0.15) is 0 Å². The Morgan fingerprint density at radius 1 is 0.903 bits per heavy atom. The molecule has 2 amide bonds. The number of fused-ring (bicyclic) bond motifs is 1. The van der Waals surface area contributed by atoms with Gasteiger partial charge in [0.1, 0.15) is 5.75 Å². The minimum atomic E-state index is -1.02. The van der Waals surface area contributed by atoms with Gasteiger partial charge in [0.15, 0.2) is 0 Å². The van der Waals surface area contributed by atoms with Crippen LogP contribution in [0.4, 0.5) is 0 Å². The third-order valence-electron chi connectivity index (χ3n) is 5.14. The summed E-state index contributed by atoms with van der Waals surface area (Å²) in [5.41, 5.74) is 3.02. The number of ether oxygens (including phenoxy) is 1. The van der Waals surface area contributed by atoms with Crippen molar-refractivity contribution in [2.75, 3.05) is 7.11 Å². The maximum atomic E-state index is 13.3. The fraction of sp³-hybridized carbons (Fsp3) is 0.0800. The second kappa shape index (κ2) is 8.28. The van der Waals surface area contributed by atoms with Crippen molar-refractivity contribution in [2.24, 2.45) is 0 Å². The third kappa shape index (κ3) is 3.96. The van der Waals surface area contributed by atoms with Crippen LogP contribution in [0.1, 0.15) is 37.4 Å². The molecule has 0 aliphatic carbocycles. The largest absolute Gasteiger partial charge is 0.497 e. The Morgan fingerprint density at radius 3 is 2.16 bits per heavy atom. The van der Waals surface area contributed by atoms with E-state index in [-0.39, 0.29) is 18.0 Å². The Labute approximate surface area is 179 Å². The summed E-state index contributed by atoms with van der Waals surface area (Å²) in [6, 6.07) is 20.4. The molecular weight excluding hydrogens is 394 g/mol. The Morgan fingerprint density at radius 2 is 1.55 bits per heavy atom. The molecule has 1 heterocycles. The number of hydrogen-bond donors (Lipinski definition) is 1. The van der Waals surface area contributed by atoms with Crippen LogP contribution in [0.2, 0.25) is 0 Å². The van der Waals surface area contributed by atoms with Crippen LogP contribution in [0.5, 0.6) is 5.75 Å². The van der Waals surface area contributed by atoms with Gasteiger partial charge in [0, 0.05) is 11.1 Å². The maximum Gasteiger partial charge on any atom is 0.335 e. The second-order valence-electron chi connectivity index (χ2n) is 7.08. The highest BCUT2D eigenvalue weighted by Gasteiger charge is 2.34. The summed E-state index contributed by atoms with van der Waals surface area (Å²) in [4.78, 5) is 38.7. The lowest BCUT2D eigenvalue weighted by atomic mass is 9.91. The summed E-state index contributed by atoms with van der Waals surface area (Å²) < 4.78 is 5.16. The summed E-state index contributed by atoms with van der Waals surface area (Å²) >= 11 is 0. The van der Waals surface area contributed by atoms with E-state index >= 15 is 0 Å². The van der Waals surface area contributed by atoms with Gasteiger partial charge in [-0.1, -0.05) is 42.5 Å². The average molecular weight is 413 g/mol. The molecule has 0 spiro atoms. The number of aromatic carboxylic acids is 1. The number of nitrogens with zero attached hydrogens (tertiary/aromatic N) is 1. The molecule has 1 aliphatic heterocycles. The smallest absolute Gasteiger partial charge is 0.335 e. The van der Waals surface area contributed by atoms with Crippen LogP contribution < -0.4 is 4.74 Å². The summed E-state index contributed by atoms with van der Waals surface area (Å²) in [5.74, 6) is -1.08. The predicted octanol–water partition coefficient (Wildman–Crippen LogP) is 4.12. The summed E-state index contributed by atoms with van der Waals surface area (Å²) in [7, 11) is 1.57. The second-order valence-corrected chi connectivity index (χ2v) is 7.08. The number of amides is 2. The first-order valence-corrected chi connectivity index (χ1v) is 9.61. The van der Waals surface area contributed by atoms with E-state index in [0.29, 0.717) is 28.0 Å². The minimum Gasteiger partial charge on any atom is -0.497 e. The highest BCUT2D eigenvalue weighted by molar-refractivity contribution is 6.33. The molecule has 6 nitrogen and oxygen atoms in total. The van der Waals surface area contributed by atoms with E-state index in [1.807, 2.05) is 12.1 Å². The summed E-state index contributed by atoms with van der Waals surface area (Å²) in [6.07, 6.45) is 1.68. The molecule has 0 fully saturated rings. The summed E-state index contributed by atoms with van der Waals surface area (Å²) in [5, 5.41) is 9.08.